The maximum Gasteiger partial charge on any atom is 0.347 e. The van der Waals surface area contributed by atoms with Crippen molar-refractivity contribution in [3.63, 3.8) is 0 Å². The molecule has 0 saturated carbocycles. The van der Waals surface area contributed by atoms with Crippen LogP contribution in [-0.2, 0) is 16.6 Å². The minimum absolute atomic E-state index is 0.370. The third-order valence-corrected chi connectivity index (χ3v) is 2.48. The van der Waals surface area contributed by atoms with Gasteiger partial charge < -0.3 is 9.47 Å². The molecule has 0 amide bonds. The molecule has 1 heterocycles. The highest BCUT2D eigenvalue weighted by Gasteiger charge is 2.24. The molecule has 1 aromatic rings. The van der Waals surface area contributed by atoms with Gasteiger partial charge in [-0.2, -0.15) is 5.10 Å². The smallest absolute Gasteiger partial charge is 0.347 e. The summed E-state index contributed by atoms with van der Waals surface area (Å²) in [6.45, 7) is 10.9. The fraction of sp³-hybridized carbons (Fsp3) is 0.692. The summed E-state index contributed by atoms with van der Waals surface area (Å²) in [4.78, 5) is 11.8. The quantitative estimate of drug-likeness (QED) is 0.775. The van der Waals surface area contributed by atoms with E-state index < -0.39 is 11.7 Å². The lowest BCUT2D eigenvalue weighted by Gasteiger charge is -2.22. The Morgan fingerprint density at radius 1 is 1.33 bits per heavy atom. The van der Waals surface area contributed by atoms with Crippen LogP contribution >= 0.6 is 0 Å². The molecular formula is C13H22N2O3. The van der Waals surface area contributed by atoms with Gasteiger partial charge in [-0.25, -0.2) is 4.79 Å². The van der Waals surface area contributed by atoms with Crippen molar-refractivity contribution in [1.82, 2.24) is 9.78 Å². The van der Waals surface area contributed by atoms with Gasteiger partial charge in [0, 0.05) is 7.05 Å². The summed E-state index contributed by atoms with van der Waals surface area (Å²) in [7, 11) is 1.84. The van der Waals surface area contributed by atoms with Gasteiger partial charge in [0.2, 0.25) is 0 Å². The van der Waals surface area contributed by atoms with Crippen LogP contribution in [0.15, 0.2) is 0 Å². The molecule has 1 rings (SSSR count). The average Bonchev–Trinajstić information content (AvgIpc) is 2.42. The van der Waals surface area contributed by atoms with Crippen molar-refractivity contribution in [2.45, 2.75) is 53.2 Å². The van der Waals surface area contributed by atoms with E-state index in [2.05, 4.69) is 5.10 Å². The number of ether oxygens (including phenoxy) is 2. The summed E-state index contributed by atoms with van der Waals surface area (Å²) in [6, 6.07) is 0. The fourth-order valence-electron chi connectivity index (χ4n) is 1.53. The maximum atomic E-state index is 11.8. The standard InChI is InChI=1S/C13H22N2O3/c1-8-11(9(2)15(7)14-8)17-10(3)12(16)18-13(4,5)6/h10H,1-7H3. The first-order chi connectivity index (χ1) is 8.11. The van der Waals surface area contributed by atoms with Crippen LogP contribution in [0.5, 0.6) is 5.75 Å². The fourth-order valence-corrected chi connectivity index (χ4v) is 1.53. The van der Waals surface area contributed by atoms with Crippen LogP contribution in [0.25, 0.3) is 0 Å². The Balaban J connectivity index is 2.76. The van der Waals surface area contributed by atoms with E-state index in [0.717, 1.165) is 11.4 Å². The SMILES string of the molecule is Cc1nn(C)c(C)c1OC(C)C(=O)OC(C)(C)C. The Morgan fingerprint density at radius 3 is 2.28 bits per heavy atom. The molecule has 0 spiro atoms. The first-order valence-corrected chi connectivity index (χ1v) is 6.01. The van der Waals surface area contributed by atoms with Gasteiger partial charge in [-0.3, -0.25) is 4.68 Å². The minimum Gasteiger partial charge on any atom is -0.475 e. The zero-order valence-corrected chi connectivity index (χ0v) is 12.2. The van der Waals surface area contributed by atoms with Gasteiger partial charge >= 0.3 is 5.97 Å². The third kappa shape index (κ3) is 3.48. The van der Waals surface area contributed by atoms with E-state index in [-0.39, 0.29) is 5.97 Å². The number of carbonyl (C=O) groups excluding carboxylic acids is 1. The van der Waals surface area contributed by atoms with Crippen molar-refractivity contribution in [3.05, 3.63) is 11.4 Å². The highest BCUT2D eigenvalue weighted by atomic mass is 16.6. The Labute approximate surface area is 108 Å². The molecule has 0 aromatic carbocycles. The summed E-state index contributed by atoms with van der Waals surface area (Å²) >= 11 is 0. The van der Waals surface area contributed by atoms with E-state index in [1.807, 2.05) is 41.7 Å². The van der Waals surface area contributed by atoms with E-state index >= 15 is 0 Å². The Kier molecular flexibility index (Phi) is 4.04. The van der Waals surface area contributed by atoms with Crippen molar-refractivity contribution in [3.8, 4) is 5.75 Å². The predicted octanol–water partition coefficient (Wildman–Crippen LogP) is 2.15. The van der Waals surface area contributed by atoms with Crippen molar-refractivity contribution in [1.29, 1.82) is 0 Å². The predicted molar refractivity (Wildman–Crippen MR) is 68.6 cm³/mol. The Bertz CT molecular complexity index is 444. The zero-order chi connectivity index (χ0) is 14.1. The van der Waals surface area contributed by atoms with E-state index in [1.165, 1.54) is 0 Å². The van der Waals surface area contributed by atoms with Crippen LogP contribution in [-0.4, -0.2) is 27.5 Å². The lowest BCUT2D eigenvalue weighted by atomic mass is 10.2. The van der Waals surface area contributed by atoms with Crippen molar-refractivity contribution in [2.24, 2.45) is 7.05 Å². The van der Waals surface area contributed by atoms with Crippen molar-refractivity contribution >= 4 is 5.97 Å². The van der Waals surface area contributed by atoms with E-state index in [4.69, 9.17) is 9.47 Å². The second kappa shape index (κ2) is 5.00. The molecule has 0 radical (unpaired) electrons. The van der Waals surface area contributed by atoms with E-state index in [9.17, 15) is 4.79 Å². The summed E-state index contributed by atoms with van der Waals surface area (Å²) in [5.74, 6) is 0.279. The molecule has 1 unspecified atom stereocenters. The molecule has 5 heteroatoms. The number of hydrogen-bond donors (Lipinski definition) is 0. The number of aryl methyl sites for hydroxylation is 2. The van der Waals surface area contributed by atoms with Crippen LogP contribution in [0.3, 0.4) is 0 Å². The van der Waals surface area contributed by atoms with E-state index in [0.29, 0.717) is 5.75 Å². The molecule has 0 bridgehead atoms. The topological polar surface area (TPSA) is 53.4 Å². The summed E-state index contributed by atoms with van der Waals surface area (Å²) in [5, 5.41) is 4.24. The molecule has 5 nitrogen and oxygen atoms in total. The molecule has 0 aliphatic carbocycles. The summed E-state index contributed by atoms with van der Waals surface area (Å²) in [5.41, 5.74) is 1.15. The first-order valence-electron chi connectivity index (χ1n) is 6.01. The summed E-state index contributed by atoms with van der Waals surface area (Å²) in [6.07, 6.45) is -0.647. The van der Waals surface area contributed by atoms with Crippen molar-refractivity contribution < 1.29 is 14.3 Å². The average molecular weight is 254 g/mol. The van der Waals surface area contributed by atoms with Gasteiger partial charge in [-0.15, -0.1) is 0 Å². The lowest BCUT2D eigenvalue weighted by Crippen LogP contribution is -2.33. The molecule has 0 aliphatic rings. The molecule has 1 atom stereocenters. The number of rotatable bonds is 3. The Hall–Kier alpha value is -1.52. The zero-order valence-electron chi connectivity index (χ0n) is 12.2. The lowest BCUT2D eigenvalue weighted by molar-refractivity contribution is -0.162. The molecule has 1 aromatic heterocycles. The van der Waals surface area contributed by atoms with Crippen LogP contribution in [0.1, 0.15) is 39.1 Å². The second-order valence-corrected chi connectivity index (χ2v) is 5.42. The van der Waals surface area contributed by atoms with Crippen LogP contribution in [0.4, 0.5) is 0 Å². The monoisotopic (exact) mass is 254 g/mol. The van der Waals surface area contributed by atoms with Crippen LogP contribution < -0.4 is 4.74 Å². The number of esters is 1. The molecule has 18 heavy (non-hydrogen) atoms. The van der Waals surface area contributed by atoms with Gasteiger partial charge in [0.25, 0.3) is 0 Å². The van der Waals surface area contributed by atoms with Crippen LogP contribution in [0, 0.1) is 13.8 Å². The first kappa shape index (κ1) is 14.5. The van der Waals surface area contributed by atoms with Crippen molar-refractivity contribution in [2.75, 3.05) is 0 Å². The Morgan fingerprint density at radius 2 is 1.89 bits per heavy atom. The van der Waals surface area contributed by atoms with Gasteiger partial charge in [0.05, 0.1) is 5.69 Å². The number of carbonyl (C=O) groups is 1. The molecule has 0 saturated heterocycles. The van der Waals surface area contributed by atoms with Gasteiger partial charge in [-0.05, 0) is 41.5 Å². The highest BCUT2D eigenvalue weighted by molar-refractivity contribution is 5.75. The van der Waals surface area contributed by atoms with E-state index in [1.54, 1.807) is 11.6 Å². The number of hydrogen-bond acceptors (Lipinski definition) is 4. The van der Waals surface area contributed by atoms with Crippen LogP contribution in [0.2, 0.25) is 0 Å². The molecule has 102 valence electrons. The van der Waals surface area contributed by atoms with Gasteiger partial charge in [-0.1, -0.05) is 0 Å². The summed E-state index contributed by atoms with van der Waals surface area (Å²) < 4.78 is 12.6. The number of nitrogens with zero attached hydrogens (tertiary/aromatic N) is 2. The molecule has 0 N–H and O–H groups in total. The highest BCUT2D eigenvalue weighted by Crippen LogP contribution is 2.23. The number of aromatic nitrogens is 2. The van der Waals surface area contributed by atoms with Gasteiger partial charge in [0.1, 0.15) is 11.3 Å². The normalized spacial score (nSPS) is 13.3. The molecular weight excluding hydrogens is 232 g/mol. The molecule has 0 fully saturated rings. The second-order valence-electron chi connectivity index (χ2n) is 5.42. The van der Waals surface area contributed by atoms with Gasteiger partial charge in [0.15, 0.2) is 11.9 Å². The largest absolute Gasteiger partial charge is 0.475 e. The maximum absolute atomic E-state index is 11.8. The third-order valence-electron chi connectivity index (χ3n) is 2.48. The minimum atomic E-state index is -0.647. The molecule has 0 aliphatic heterocycles.